The van der Waals surface area contributed by atoms with E-state index in [0.717, 1.165) is 42.7 Å². The van der Waals surface area contributed by atoms with Gasteiger partial charge in [0.2, 0.25) is 12.3 Å². The van der Waals surface area contributed by atoms with Gasteiger partial charge in [0, 0.05) is 26.1 Å². The quantitative estimate of drug-likeness (QED) is 0.453. The molecule has 1 aliphatic heterocycles. The number of piperidine rings is 1. The number of carbonyl (C=O) groups excluding carboxylic acids is 3. The first-order chi connectivity index (χ1) is 14.7. The Bertz CT molecular complexity index is 757. The Morgan fingerprint density at radius 1 is 1.26 bits per heavy atom. The van der Waals surface area contributed by atoms with E-state index in [-0.39, 0.29) is 24.7 Å². The second-order valence-corrected chi connectivity index (χ2v) is 9.16. The molecular weight excluding hydrogens is 396 g/mol. The molecule has 2 amide bonds. The Hall–Kier alpha value is -2.57. The monoisotopic (exact) mass is 432 g/mol. The van der Waals surface area contributed by atoms with E-state index in [9.17, 15) is 14.4 Å². The standard InChI is InChI=1S/C24H36N2O5/c1-18-7-8-21(14-20(18)15-25-17-27)30-13-11-19-6-5-12-26(16-19)22(28)9-10-23(29)31-24(2,3)4/h7-8,14,17,19H,5-6,9-13,15-16H2,1-4H3,(H,25,27). The van der Waals surface area contributed by atoms with Gasteiger partial charge in [0.15, 0.2) is 0 Å². The van der Waals surface area contributed by atoms with Crippen molar-refractivity contribution in [2.24, 2.45) is 5.92 Å². The number of amides is 2. The molecule has 0 radical (unpaired) electrons. The molecule has 7 nitrogen and oxygen atoms in total. The van der Waals surface area contributed by atoms with Crippen molar-refractivity contribution in [3.63, 3.8) is 0 Å². The highest BCUT2D eigenvalue weighted by molar-refractivity contribution is 5.81. The van der Waals surface area contributed by atoms with Crippen LogP contribution in [0.5, 0.6) is 5.75 Å². The van der Waals surface area contributed by atoms with E-state index in [1.165, 1.54) is 0 Å². The molecule has 1 unspecified atom stereocenters. The highest BCUT2D eigenvalue weighted by Gasteiger charge is 2.25. The van der Waals surface area contributed by atoms with Gasteiger partial charge in [0.1, 0.15) is 11.4 Å². The van der Waals surface area contributed by atoms with Gasteiger partial charge in [0.25, 0.3) is 0 Å². The van der Waals surface area contributed by atoms with Gasteiger partial charge in [-0.25, -0.2) is 0 Å². The minimum atomic E-state index is -0.528. The predicted molar refractivity (Wildman–Crippen MR) is 119 cm³/mol. The molecule has 1 aromatic rings. The summed E-state index contributed by atoms with van der Waals surface area (Å²) in [5, 5.41) is 2.68. The molecule has 1 atom stereocenters. The molecule has 1 heterocycles. The fourth-order valence-electron chi connectivity index (χ4n) is 3.71. The molecule has 0 aliphatic carbocycles. The van der Waals surface area contributed by atoms with Crippen molar-refractivity contribution in [3.8, 4) is 5.75 Å². The van der Waals surface area contributed by atoms with Crippen molar-refractivity contribution in [1.29, 1.82) is 0 Å². The summed E-state index contributed by atoms with van der Waals surface area (Å²) in [6.45, 7) is 9.98. The summed E-state index contributed by atoms with van der Waals surface area (Å²) < 4.78 is 11.2. The van der Waals surface area contributed by atoms with E-state index in [4.69, 9.17) is 9.47 Å². The number of hydrogen-bond donors (Lipinski definition) is 1. The van der Waals surface area contributed by atoms with Crippen LogP contribution in [0.3, 0.4) is 0 Å². The van der Waals surface area contributed by atoms with Crippen LogP contribution in [0.15, 0.2) is 18.2 Å². The second kappa shape index (κ2) is 11.7. The molecule has 0 bridgehead atoms. The highest BCUT2D eigenvalue weighted by atomic mass is 16.6. The summed E-state index contributed by atoms with van der Waals surface area (Å²) in [6.07, 6.45) is 3.91. The molecule has 31 heavy (non-hydrogen) atoms. The van der Waals surface area contributed by atoms with Crippen LogP contribution in [0.1, 0.15) is 64.0 Å². The Morgan fingerprint density at radius 3 is 2.74 bits per heavy atom. The summed E-state index contributed by atoms with van der Waals surface area (Å²) in [5.41, 5.74) is 1.61. The van der Waals surface area contributed by atoms with Crippen LogP contribution in [0.2, 0.25) is 0 Å². The van der Waals surface area contributed by atoms with Gasteiger partial charge in [0.05, 0.1) is 13.0 Å². The number of esters is 1. The molecule has 1 aliphatic rings. The maximum Gasteiger partial charge on any atom is 0.306 e. The number of nitrogens with zero attached hydrogens (tertiary/aromatic N) is 1. The van der Waals surface area contributed by atoms with Crippen molar-refractivity contribution in [1.82, 2.24) is 10.2 Å². The van der Waals surface area contributed by atoms with Gasteiger partial charge in [-0.05, 0) is 76.1 Å². The third-order valence-electron chi connectivity index (χ3n) is 5.33. The zero-order chi connectivity index (χ0) is 22.9. The minimum Gasteiger partial charge on any atom is -0.494 e. The van der Waals surface area contributed by atoms with Gasteiger partial charge in [-0.15, -0.1) is 0 Å². The molecule has 0 aromatic heterocycles. The molecule has 1 N–H and O–H groups in total. The highest BCUT2D eigenvalue weighted by Crippen LogP contribution is 2.22. The van der Waals surface area contributed by atoms with Gasteiger partial charge in [-0.2, -0.15) is 0 Å². The third kappa shape index (κ3) is 8.99. The number of aryl methyl sites for hydroxylation is 1. The minimum absolute atomic E-state index is 0.0160. The van der Waals surface area contributed by atoms with Crippen molar-refractivity contribution in [3.05, 3.63) is 29.3 Å². The maximum atomic E-state index is 12.5. The first-order valence-electron chi connectivity index (χ1n) is 11.1. The smallest absolute Gasteiger partial charge is 0.306 e. The molecule has 1 fully saturated rings. The normalized spacial score (nSPS) is 16.5. The van der Waals surface area contributed by atoms with Crippen LogP contribution in [0.4, 0.5) is 0 Å². The number of hydrogen-bond acceptors (Lipinski definition) is 5. The summed E-state index contributed by atoms with van der Waals surface area (Å²) >= 11 is 0. The van der Waals surface area contributed by atoms with Gasteiger partial charge in [-0.3, -0.25) is 14.4 Å². The van der Waals surface area contributed by atoms with Gasteiger partial charge >= 0.3 is 5.97 Å². The maximum absolute atomic E-state index is 12.5. The number of carbonyl (C=O) groups is 3. The summed E-state index contributed by atoms with van der Waals surface area (Å²) in [7, 11) is 0. The molecule has 2 rings (SSSR count). The number of likely N-dealkylation sites (tertiary alicyclic amines) is 1. The van der Waals surface area contributed by atoms with Crippen molar-refractivity contribution in [2.75, 3.05) is 19.7 Å². The molecular formula is C24H36N2O5. The van der Waals surface area contributed by atoms with E-state index in [2.05, 4.69) is 5.32 Å². The van der Waals surface area contributed by atoms with Crippen LogP contribution in [-0.2, 0) is 25.7 Å². The van der Waals surface area contributed by atoms with Crippen molar-refractivity contribution < 1.29 is 23.9 Å². The van der Waals surface area contributed by atoms with Crippen LogP contribution < -0.4 is 10.1 Å². The average Bonchev–Trinajstić information content (AvgIpc) is 2.71. The van der Waals surface area contributed by atoms with Crippen LogP contribution in [-0.4, -0.2) is 48.5 Å². The predicted octanol–water partition coefficient (Wildman–Crippen LogP) is 3.37. The zero-order valence-electron chi connectivity index (χ0n) is 19.2. The van der Waals surface area contributed by atoms with Gasteiger partial charge < -0.3 is 19.7 Å². The van der Waals surface area contributed by atoms with E-state index in [1.54, 1.807) is 0 Å². The Morgan fingerprint density at radius 2 is 2.03 bits per heavy atom. The Balaban J connectivity index is 1.75. The second-order valence-electron chi connectivity index (χ2n) is 9.16. The fourth-order valence-corrected chi connectivity index (χ4v) is 3.71. The number of rotatable bonds is 10. The Kier molecular flexibility index (Phi) is 9.34. The van der Waals surface area contributed by atoms with Crippen LogP contribution in [0, 0.1) is 12.8 Å². The number of benzene rings is 1. The lowest BCUT2D eigenvalue weighted by molar-refractivity contribution is -0.156. The first-order valence-corrected chi connectivity index (χ1v) is 11.1. The molecule has 0 spiro atoms. The summed E-state index contributed by atoms with van der Waals surface area (Å²) in [6, 6.07) is 5.88. The van der Waals surface area contributed by atoms with Crippen LogP contribution >= 0.6 is 0 Å². The SMILES string of the molecule is Cc1ccc(OCCC2CCCN(C(=O)CCC(=O)OC(C)(C)C)C2)cc1CNC=O. The fraction of sp³-hybridized carbons (Fsp3) is 0.625. The lowest BCUT2D eigenvalue weighted by Gasteiger charge is -2.33. The van der Waals surface area contributed by atoms with Crippen molar-refractivity contribution >= 4 is 18.3 Å². The Labute approximate surface area is 185 Å². The zero-order valence-corrected chi connectivity index (χ0v) is 19.2. The summed E-state index contributed by atoms with van der Waals surface area (Å²) in [4.78, 5) is 36.8. The van der Waals surface area contributed by atoms with E-state index >= 15 is 0 Å². The number of ether oxygens (including phenoxy) is 2. The van der Waals surface area contributed by atoms with E-state index in [0.29, 0.717) is 32.0 Å². The summed E-state index contributed by atoms with van der Waals surface area (Å²) in [5.74, 6) is 0.862. The topological polar surface area (TPSA) is 84.9 Å². The van der Waals surface area contributed by atoms with E-state index in [1.807, 2.05) is 50.8 Å². The molecule has 172 valence electrons. The average molecular weight is 433 g/mol. The lowest BCUT2D eigenvalue weighted by atomic mass is 9.95. The van der Waals surface area contributed by atoms with E-state index < -0.39 is 5.60 Å². The lowest BCUT2D eigenvalue weighted by Crippen LogP contribution is -2.40. The first kappa shape index (κ1) is 24.7. The third-order valence-corrected chi connectivity index (χ3v) is 5.33. The number of nitrogens with one attached hydrogen (secondary N) is 1. The van der Waals surface area contributed by atoms with Crippen molar-refractivity contribution in [2.45, 2.75) is 71.9 Å². The molecule has 1 aromatic carbocycles. The molecule has 7 heteroatoms. The molecule has 1 saturated heterocycles. The largest absolute Gasteiger partial charge is 0.494 e. The molecule has 0 saturated carbocycles. The van der Waals surface area contributed by atoms with Crippen LogP contribution in [0.25, 0.3) is 0 Å². The van der Waals surface area contributed by atoms with Gasteiger partial charge in [-0.1, -0.05) is 6.07 Å².